The van der Waals surface area contributed by atoms with E-state index in [1.807, 2.05) is 56.3 Å². The van der Waals surface area contributed by atoms with Crippen molar-refractivity contribution >= 4 is 46.3 Å². The lowest BCUT2D eigenvalue weighted by Gasteiger charge is -2.26. The van der Waals surface area contributed by atoms with Crippen LogP contribution in [0.1, 0.15) is 53.0 Å². The smallest absolute Gasteiger partial charge is 0.405 e. The highest BCUT2D eigenvalue weighted by Gasteiger charge is 2.34. The fourth-order valence-corrected chi connectivity index (χ4v) is 4.40. The molecule has 0 fully saturated rings. The third-order valence-electron chi connectivity index (χ3n) is 6.99. The van der Waals surface area contributed by atoms with Crippen LogP contribution < -0.4 is 27.0 Å². The molecule has 12 heteroatoms. The molecular formula is C30H41N5O7. The van der Waals surface area contributed by atoms with Gasteiger partial charge >= 0.3 is 6.09 Å². The molecule has 1 unspecified atom stereocenters. The lowest BCUT2D eigenvalue weighted by atomic mass is 9.93. The van der Waals surface area contributed by atoms with Crippen molar-refractivity contribution in [3.05, 3.63) is 48.0 Å². The zero-order valence-electron chi connectivity index (χ0n) is 24.6. The Morgan fingerprint density at radius 3 is 2.02 bits per heavy atom. The number of nitrogens with one attached hydrogen (secondary N) is 4. The van der Waals surface area contributed by atoms with Gasteiger partial charge in [0.05, 0.1) is 6.04 Å². The molecule has 0 radical (unpaired) electrons. The van der Waals surface area contributed by atoms with Crippen molar-refractivity contribution in [1.82, 2.24) is 21.3 Å². The number of nitrogens with two attached hydrogens (primary N) is 1. The molecule has 2 rings (SSSR count). The second-order valence-corrected chi connectivity index (χ2v) is 10.9. The largest absolute Gasteiger partial charge is 0.465 e. The van der Waals surface area contributed by atoms with Crippen LogP contribution in [0, 0.1) is 11.8 Å². The van der Waals surface area contributed by atoms with Crippen LogP contribution >= 0.6 is 0 Å². The summed E-state index contributed by atoms with van der Waals surface area (Å²) in [5, 5.41) is 20.6. The van der Waals surface area contributed by atoms with E-state index in [4.69, 9.17) is 10.8 Å². The maximum Gasteiger partial charge on any atom is 0.405 e. The molecule has 12 nitrogen and oxygen atoms in total. The summed E-state index contributed by atoms with van der Waals surface area (Å²) < 4.78 is 0. The van der Waals surface area contributed by atoms with Crippen molar-refractivity contribution in [2.24, 2.45) is 17.6 Å². The molecule has 7 N–H and O–H groups in total. The second-order valence-electron chi connectivity index (χ2n) is 10.9. The van der Waals surface area contributed by atoms with E-state index < -0.39 is 65.6 Å². The molecule has 0 aromatic heterocycles. The van der Waals surface area contributed by atoms with Crippen LogP contribution in [0.3, 0.4) is 0 Å². The molecule has 0 aliphatic heterocycles. The van der Waals surface area contributed by atoms with Gasteiger partial charge in [-0.05, 0) is 41.5 Å². The number of rotatable bonds is 15. The number of carboxylic acid groups (broad SMARTS) is 1. The number of carbonyl (C=O) groups excluding carboxylic acids is 5. The summed E-state index contributed by atoms with van der Waals surface area (Å²) in [6.45, 7) is 8.41. The highest BCUT2D eigenvalue weighted by molar-refractivity contribution is 6.39. The minimum absolute atomic E-state index is 0.0292. The van der Waals surface area contributed by atoms with Gasteiger partial charge in [0, 0.05) is 6.42 Å². The van der Waals surface area contributed by atoms with Crippen LogP contribution in [-0.2, 0) is 30.4 Å². The first kappa shape index (κ1) is 33.7. The van der Waals surface area contributed by atoms with Gasteiger partial charge in [-0.25, -0.2) is 4.79 Å². The summed E-state index contributed by atoms with van der Waals surface area (Å²) in [5.74, 6) is -4.83. The molecule has 2 aromatic carbocycles. The minimum Gasteiger partial charge on any atom is -0.465 e. The molecule has 0 bridgehead atoms. The Morgan fingerprint density at radius 2 is 1.45 bits per heavy atom. The number of primary amides is 1. The second kappa shape index (κ2) is 15.5. The van der Waals surface area contributed by atoms with Crippen molar-refractivity contribution in [3.63, 3.8) is 0 Å². The maximum absolute atomic E-state index is 13.1. The summed E-state index contributed by atoms with van der Waals surface area (Å²) in [6.07, 6.45) is -0.663. The van der Waals surface area contributed by atoms with E-state index in [1.165, 1.54) is 6.92 Å². The standard InChI is InChI=1S/C30H41N5O7/c1-6-17(4)24(35-28(39)23(13-16(2)3)34-30(41)42)25(36)29(40)32-18(5)27(38)33-22(26(31)37)15-19-11-12-20-9-7-8-10-21(20)14-19/h7-12,14,16-18,22-24,34H,6,13,15H2,1-5H3,(H2,31,37)(H,32,40)(H,33,38)(H,35,39)(H,41,42)/t17-,18-,22-,23-,24?/m0/s1. The van der Waals surface area contributed by atoms with Crippen molar-refractivity contribution in [2.75, 3.05) is 0 Å². The fraction of sp³-hybridized carbons (Fsp3) is 0.467. The van der Waals surface area contributed by atoms with Crippen LogP contribution in [-0.4, -0.2) is 64.8 Å². The van der Waals surface area contributed by atoms with E-state index in [1.54, 1.807) is 13.8 Å². The molecule has 0 spiro atoms. The molecule has 5 amide bonds. The van der Waals surface area contributed by atoms with E-state index >= 15 is 0 Å². The van der Waals surface area contributed by atoms with Gasteiger partial charge in [0.2, 0.25) is 23.5 Å². The SMILES string of the molecule is CC[C@H](C)C(NC(=O)[C@H](CC(C)C)NC(=O)O)C(=O)C(=O)N[C@@H](C)C(=O)N[C@@H](Cc1ccc2ccccc2c1)C(N)=O. The van der Waals surface area contributed by atoms with E-state index in [0.717, 1.165) is 16.3 Å². The third-order valence-corrected chi connectivity index (χ3v) is 6.99. The summed E-state index contributed by atoms with van der Waals surface area (Å²) in [4.78, 5) is 75.0. The van der Waals surface area contributed by atoms with E-state index in [-0.39, 0.29) is 18.8 Å². The van der Waals surface area contributed by atoms with E-state index in [0.29, 0.717) is 6.42 Å². The molecule has 5 atom stereocenters. The third kappa shape index (κ3) is 9.86. The monoisotopic (exact) mass is 583 g/mol. The van der Waals surface area contributed by atoms with E-state index in [9.17, 15) is 28.8 Å². The van der Waals surface area contributed by atoms with Crippen LogP contribution in [0.2, 0.25) is 0 Å². The van der Waals surface area contributed by atoms with Crippen LogP contribution in [0.4, 0.5) is 4.79 Å². The molecule has 2 aromatic rings. The first-order valence-electron chi connectivity index (χ1n) is 13.9. The number of hydrogen-bond donors (Lipinski definition) is 6. The average molecular weight is 584 g/mol. The number of amides is 5. The summed E-state index contributed by atoms with van der Waals surface area (Å²) >= 11 is 0. The topological polar surface area (TPSA) is 197 Å². The highest BCUT2D eigenvalue weighted by Crippen LogP contribution is 2.17. The minimum atomic E-state index is -1.39. The number of fused-ring (bicyclic) bond motifs is 1. The van der Waals surface area contributed by atoms with Gasteiger partial charge < -0.3 is 32.1 Å². The Labute approximate surface area is 245 Å². The molecule has 0 heterocycles. The fourth-order valence-electron chi connectivity index (χ4n) is 4.40. The Morgan fingerprint density at radius 1 is 0.810 bits per heavy atom. The van der Waals surface area contributed by atoms with Crippen LogP contribution in [0.25, 0.3) is 10.8 Å². The predicted molar refractivity (Wildman–Crippen MR) is 157 cm³/mol. The molecule has 228 valence electrons. The van der Waals surface area contributed by atoms with Gasteiger partial charge in [-0.2, -0.15) is 0 Å². The Kier molecular flexibility index (Phi) is 12.4. The molecule has 0 aliphatic carbocycles. The Bertz CT molecular complexity index is 1310. The van der Waals surface area contributed by atoms with Gasteiger partial charge in [-0.3, -0.25) is 24.0 Å². The zero-order chi connectivity index (χ0) is 31.6. The van der Waals surface area contributed by atoms with Crippen molar-refractivity contribution in [3.8, 4) is 0 Å². The summed E-state index contributed by atoms with van der Waals surface area (Å²) in [5.41, 5.74) is 6.31. The first-order chi connectivity index (χ1) is 19.7. The van der Waals surface area contributed by atoms with Crippen molar-refractivity contribution < 1.29 is 33.9 Å². The van der Waals surface area contributed by atoms with Crippen LogP contribution in [0.5, 0.6) is 0 Å². The Balaban J connectivity index is 2.08. The van der Waals surface area contributed by atoms with Crippen LogP contribution in [0.15, 0.2) is 42.5 Å². The predicted octanol–water partition coefficient (Wildman–Crippen LogP) is 1.64. The number of ketones is 1. The Hall–Kier alpha value is -4.48. The molecule has 0 saturated heterocycles. The first-order valence-corrected chi connectivity index (χ1v) is 13.9. The van der Waals surface area contributed by atoms with Crippen molar-refractivity contribution in [1.29, 1.82) is 0 Å². The number of hydrogen-bond acceptors (Lipinski definition) is 6. The average Bonchev–Trinajstić information content (AvgIpc) is 2.93. The number of benzene rings is 2. The van der Waals surface area contributed by atoms with E-state index in [2.05, 4.69) is 21.3 Å². The maximum atomic E-state index is 13.1. The van der Waals surface area contributed by atoms with Gasteiger partial charge in [-0.1, -0.05) is 76.6 Å². The summed E-state index contributed by atoms with van der Waals surface area (Å²) in [6, 6.07) is 8.63. The number of carbonyl (C=O) groups is 6. The number of Topliss-reactive ketones (excluding diaryl/α,β-unsaturated/α-hetero) is 1. The molecule has 42 heavy (non-hydrogen) atoms. The van der Waals surface area contributed by atoms with Gasteiger partial charge in [0.15, 0.2) is 0 Å². The lowest BCUT2D eigenvalue weighted by molar-refractivity contribution is -0.142. The highest BCUT2D eigenvalue weighted by atomic mass is 16.4. The molecule has 0 saturated carbocycles. The summed E-state index contributed by atoms with van der Waals surface area (Å²) in [7, 11) is 0. The molecular weight excluding hydrogens is 542 g/mol. The van der Waals surface area contributed by atoms with Gasteiger partial charge in [0.1, 0.15) is 18.1 Å². The normalized spacial score (nSPS) is 14.6. The zero-order valence-corrected chi connectivity index (χ0v) is 24.6. The van der Waals surface area contributed by atoms with Crippen molar-refractivity contribution in [2.45, 2.75) is 78.0 Å². The van der Waals surface area contributed by atoms with Gasteiger partial charge in [0.25, 0.3) is 5.91 Å². The van der Waals surface area contributed by atoms with Gasteiger partial charge in [-0.15, -0.1) is 0 Å². The lowest BCUT2D eigenvalue weighted by Crippen LogP contribution is -2.58. The molecule has 0 aliphatic rings. The quantitative estimate of drug-likeness (QED) is 0.171.